The fourth-order valence-electron chi connectivity index (χ4n) is 4.72. The van der Waals surface area contributed by atoms with E-state index in [0.717, 1.165) is 0 Å². The molecule has 0 aromatic heterocycles. The second-order valence-electron chi connectivity index (χ2n) is 9.13. The number of hydrogen-bond acceptors (Lipinski definition) is 7. The van der Waals surface area contributed by atoms with Gasteiger partial charge in [-0.15, -0.1) is 0 Å². The molecule has 4 rings (SSSR count). The number of phenols is 1. The van der Waals surface area contributed by atoms with Crippen LogP contribution < -0.4 is 14.6 Å². The van der Waals surface area contributed by atoms with Crippen LogP contribution >= 0.6 is 0 Å². The van der Waals surface area contributed by atoms with Crippen LogP contribution in [0.5, 0.6) is 11.5 Å². The Hall–Kier alpha value is -3.50. The Balaban J connectivity index is 1.42. The molecule has 37 heavy (non-hydrogen) atoms. The second kappa shape index (κ2) is 10.9. The number of carbonyl (C=O) groups excluding carboxylic acids is 1. The maximum Gasteiger partial charge on any atom is 0.431 e. The van der Waals surface area contributed by atoms with E-state index < -0.39 is 35.6 Å². The molecular weight excluding hydrogens is 494 g/mol. The number of hydrazone groups is 1. The van der Waals surface area contributed by atoms with E-state index in [2.05, 4.69) is 5.10 Å². The molecule has 0 spiro atoms. The third-order valence-corrected chi connectivity index (χ3v) is 6.63. The van der Waals surface area contributed by atoms with E-state index in [1.165, 1.54) is 30.1 Å². The van der Waals surface area contributed by atoms with Gasteiger partial charge in [0, 0.05) is 37.9 Å². The minimum absolute atomic E-state index is 0.00144. The van der Waals surface area contributed by atoms with Crippen molar-refractivity contribution in [3.8, 4) is 11.5 Å². The summed E-state index contributed by atoms with van der Waals surface area (Å²) in [6.45, 7) is 4.26. The number of alkyl halides is 3. The molecule has 1 fully saturated rings. The molecule has 2 aliphatic rings. The van der Waals surface area contributed by atoms with Crippen LogP contribution in [0.1, 0.15) is 33.1 Å². The van der Waals surface area contributed by atoms with Crippen LogP contribution in [0.25, 0.3) is 0 Å². The minimum Gasteiger partial charge on any atom is -0.508 e. The molecule has 0 saturated carbocycles. The largest absolute Gasteiger partial charge is 0.508 e. The van der Waals surface area contributed by atoms with E-state index in [1.54, 1.807) is 31.2 Å². The van der Waals surface area contributed by atoms with Gasteiger partial charge in [0.25, 0.3) is 0 Å². The summed E-state index contributed by atoms with van der Waals surface area (Å²) in [6.07, 6.45) is -3.71. The van der Waals surface area contributed by atoms with Crippen LogP contribution in [0.15, 0.2) is 47.6 Å². The summed E-state index contributed by atoms with van der Waals surface area (Å²) >= 11 is 0. The molecule has 1 N–H and O–H groups in total. The number of benzene rings is 2. The van der Waals surface area contributed by atoms with E-state index in [1.807, 2.05) is 4.90 Å². The van der Waals surface area contributed by atoms with Crippen LogP contribution in [0.3, 0.4) is 0 Å². The van der Waals surface area contributed by atoms with Crippen molar-refractivity contribution in [1.29, 1.82) is 0 Å². The molecule has 7 nitrogen and oxygen atoms in total. The molecular formula is C26H29F4N3O4. The summed E-state index contributed by atoms with van der Waals surface area (Å²) in [4.78, 5) is 13.9. The van der Waals surface area contributed by atoms with Crippen molar-refractivity contribution >= 4 is 23.1 Å². The Morgan fingerprint density at radius 1 is 1.14 bits per heavy atom. The highest BCUT2D eigenvalue weighted by Crippen LogP contribution is 2.37. The molecule has 0 radical (unpaired) electrons. The number of rotatable bonds is 7. The van der Waals surface area contributed by atoms with Crippen molar-refractivity contribution < 1.29 is 36.9 Å². The first-order chi connectivity index (χ1) is 17.6. The molecule has 0 aliphatic carbocycles. The van der Waals surface area contributed by atoms with Crippen molar-refractivity contribution in [2.75, 3.05) is 29.6 Å². The molecule has 2 aromatic carbocycles. The van der Waals surface area contributed by atoms with Gasteiger partial charge < -0.3 is 19.5 Å². The van der Waals surface area contributed by atoms with Gasteiger partial charge in [-0.3, -0.25) is 9.80 Å². The zero-order chi connectivity index (χ0) is 26.7. The monoisotopic (exact) mass is 523 g/mol. The molecule has 2 atom stereocenters. The lowest BCUT2D eigenvalue weighted by atomic mass is 9.94. The summed E-state index contributed by atoms with van der Waals surface area (Å²) in [5.74, 6) is -1.46. The van der Waals surface area contributed by atoms with Gasteiger partial charge in [0.15, 0.2) is 0 Å². The van der Waals surface area contributed by atoms with Crippen LogP contribution in [0.4, 0.5) is 28.9 Å². The minimum atomic E-state index is -4.61. The van der Waals surface area contributed by atoms with E-state index >= 15 is 0 Å². The number of aromatic hydroxyl groups is 1. The summed E-state index contributed by atoms with van der Waals surface area (Å²) in [5, 5.41) is 14.7. The number of phenolic OH excluding ortho intramolecular Hbond substituents is 1. The summed E-state index contributed by atoms with van der Waals surface area (Å²) in [6, 6.07) is 9.64. The van der Waals surface area contributed by atoms with Crippen molar-refractivity contribution in [3.05, 3.63) is 48.3 Å². The van der Waals surface area contributed by atoms with Crippen LogP contribution in [0, 0.1) is 11.7 Å². The first-order valence-corrected chi connectivity index (χ1v) is 12.2. The molecule has 2 aliphatic heterocycles. The average Bonchev–Trinajstić information content (AvgIpc) is 3.18. The highest BCUT2D eigenvalue weighted by molar-refractivity contribution is 5.96. The third kappa shape index (κ3) is 6.08. The highest BCUT2D eigenvalue weighted by Gasteiger charge is 2.48. The van der Waals surface area contributed by atoms with Crippen LogP contribution in [-0.2, 0) is 9.53 Å². The Morgan fingerprint density at radius 2 is 1.81 bits per heavy atom. The van der Waals surface area contributed by atoms with E-state index in [9.17, 15) is 27.5 Å². The number of esters is 1. The van der Waals surface area contributed by atoms with Gasteiger partial charge >= 0.3 is 12.1 Å². The summed E-state index contributed by atoms with van der Waals surface area (Å²) in [5.41, 5.74) is -0.183. The van der Waals surface area contributed by atoms with E-state index in [0.29, 0.717) is 43.1 Å². The lowest BCUT2D eigenvalue weighted by molar-refractivity contribution is -0.143. The van der Waals surface area contributed by atoms with Gasteiger partial charge in [-0.05, 0) is 43.3 Å². The average molecular weight is 524 g/mol. The predicted molar refractivity (Wildman–Crippen MR) is 131 cm³/mol. The number of hydrogen-bond donors (Lipinski definition) is 1. The van der Waals surface area contributed by atoms with E-state index in [-0.39, 0.29) is 24.9 Å². The first kappa shape index (κ1) is 26.6. The van der Waals surface area contributed by atoms with Crippen LogP contribution in [-0.4, -0.2) is 54.8 Å². The van der Waals surface area contributed by atoms with Crippen LogP contribution in [0.2, 0.25) is 0 Å². The zero-order valence-corrected chi connectivity index (χ0v) is 20.5. The maximum atomic E-state index is 14.1. The summed E-state index contributed by atoms with van der Waals surface area (Å²) in [7, 11) is 0. The zero-order valence-electron chi connectivity index (χ0n) is 20.5. The molecule has 2 aromatic rings. The van der Waals surface area contributed by atoms with Gasteiger partial charge in [-0.1, -0.05) is 6.92 Å². The standard InChI is InChI=1S/C26H29F4N3O4/c1-3-36-24(35)15-22-16(2)25(26(28,29)30)31-33(22)17-4-7-19(8-5-17)37-20-10-12-32(13-11-20)23-14-18(34)6-9-21(23)27/h4-9,14,16,20,22,34H,3,10-13,15H2,1-2H3/t16-,22-/m0/s1. The molecule has 11 heteroatoms. The molecule has 2 heterocycles. The Morgan fingerprint density at radius 3 is 2.43 bits per heavy atom. The fourth-order valence-corrected chi connectivity index (χ4v) is 4.72. The predicted octanol–water partition coefficient (Wildman–Crippen LogP) is 5.28. The number of halogens is 4. The van der Waals surface area contributed by atoms with Crippen molar-refractivity contribution in [1.82, 2.24) is 0 Å². The van der Waals surface area contributed by atoms with Gasteiger partial charge in [0.05, 0.1) is 30.4 Å². The Labute approximate surface area is 212 Å². The smallest absolute Gasteiger partial charge is 0.431 e. The summed E-state index contributed by atoms with van der Waals surface area (Å²) < 4.78 is 65.7. The molecule has 1 saturated heterocycles. The number of piperidine rings is 1. The number of ether oxygens (including phenoxy) is 2. The molecule has 200 valence electrons. The molecule has 0 bridgehead atoms. The second-order valence-corrected chi connectivity index (χ2v) is 9.13. The van der Waals surface area contributed by atoms with Crippen molar-refractivity contribution in [3.63, 3.8) is 0 Å². The first-order valence-electron chi connectivity index (χ1n) is 12.2. The van der Waals surface area contributed by atoms with E-state index in [4.69, 9.17) is 9.47 Å². The maximum absolute atomic E-state index is 14.1. The van der Waals surface area contributed by atoms with Gasteiger partial charge in [0.2, 0.25) is 0 Å². The Kier molecular flexibility index (Phi) is 7.79. The van der Waals surface area contributed by atoms with Crippen molar-refractivity contribution in [2.45, 2.75) is 51.4 Å². The third-order valence-electron chi connectivity index (χ3n) is 6.63. The highest BCUT2D eigenvalue weighted by atomic mass is 19.4. The lowest BCUT2D eigenvalue weighted by Gasteiger charge is -2.34. The van der Waals surface area contributed by atoms with Gasteiger partial charge in [-0.25, -0.2) is 4.39 Å². The number of anilines is 2. The quantitative estimate of drug-likeness (QED) is 0.394. The topological polar surface area (TPSA) is 74.6 Å². The number of carbonyl (C=O) groups is 1. The normalized spacial score (nSPS) is 20.6. The van der Waals surface area contributed by atoms with Crippen molar-refractivity contribution in [2.24, 2.45) is 11.0 Å². The fraction of sp³-hybridized carbons (Fsp3) is 0.462. The van der Waals surface area contributed by atoms with Gasteiger partial charge in [0.1, 0.15) is 29.1 Å². The molecule has 0 unspecified atom stereocenters. The lowest BCUT2D eigenvalue weighted by Crippen LogP contribution is -2.38. The van der Waals surface area contributed by atoms with Gasteiger partial charge in [-0.2, -0.15) is 18.3 Å². The SMILES string of the molecule is CCOC(=O)C[C@H]1[C@H](C)C(C(F)(F)F)=NN1c1ccc(OC2CCN(c3cc(O)ccc3F)CC2)cc1. The number of nitrogens with zero attached hydrogens (tertiary/aromatic N) is 3. The molecule has 0 amide bonds. The Bertz CT molecular complexity index is 1130.